The van der Waals surface area contributed by atoms with Crippen molar-refractivity contribution < 1.29 is 67.4 Å². The number of aliphatic imine (C=N–C) groups is 1. The van der Waals surface area contributed by atoms with E-state index in [0.717, 1.165) is 25.9 Å². The zero-order valence-electron chi connectivity index (χ0n) is 53.1. The number of unbranched alkanes of at least 4 members (excludes halogenated alkanes) is 3. The highest BCUT2D eigenvalue weighted by Gasteiger charge is 2.30. The number of carboxylic acid groups (broad SMARTS) is 1. The Hall–Kier alpha value is -7.51. The number of nitrogens with one attached hydrogen (secondary N) is 11. The summed E-state index contributed by atoms with van der Waals surface area (Å²) in [4.78, 5) is 168. The van der Waals surface area contributed by atoms with Crippen LogP contribution in [-0.2, 0) is 57.5 Å². The van der Waals surface area contributed by atoms with Gasteiger partial charge in [0.2, 0.25) is 59.1 Å². The Labute approximate surface area is 528 Å². The number of benzene rings is 1. The molecule has 2 aromatic rings. The lowest BCUT2D eigenvalue weighted by atomic mass is 10.0. The molecule has 1 aliphatic rings. The van der Waals surface area contributed by atoms with Gasteiger partial charge >= 0.3 is 12.1 Å². The van der Waals surface area contributed by atoms with Crippen molar-refractivity contribution >= 4 is 115 Å². The number of carboxylic acids is 1. The number of rotatable bonds is 39. The first-order valence-corrected chi connectivity index (χ1v) is 31.6. The summed E-state index contributed by atoms with van der Waals surface area (Å²) in [6, 6.07) is -0.871. The van der Waals surface area contributed by atoms with Crippen molar-refractivity contribution in [3.8, 4) is 0 Å². The number of fused-ring (bicyclic) bond motifs is 1. The average Bonchev–Trinajstić information content (AvgIpc) is 3.90. The molecule has 6 atom stereocenters. The number of ether oxygens (including phenoxy) is 1. The van der Waals surface area contributed by atoms with Crippen LogP contribution in [0.2, 0.25) is 0 Å². The number of anilines is 1. The number of alkyl carbamates (subject to hydrolysis) is 1. The largest absolute Gasteiger partial charge is 0.480 e. The third-order valence-electron chi connectivity index (χ3n) is 13.1. The third kappa shape index (κ3) is 31.5. The Morgan fingerprint density at radius 3 is 1.80 bits per heavy atom. The van der Waals surface area contributed by atoms with Crippen molar-refractivity contribution in [2.24, 2.45) is 10.9 Å². The van der Waals surface area contributed by atoms with Gasteiger partial charge in [0, 0.05) is 37.4 Å². The van der Waals surface area contributed by atoms with Crippen LogP contribution < -0.4 is 58.5 Å². The van der Waals surface area contributed by atoms with E-state index < -0.39 is 133 Å². The van der Waals surface area contributed by atoms with Gasteiger partial charge in [-0.3, -0.25) is 52.9 Å². The molecule has 89 heavy (non-hydrogen) atoms. The SMILES string of the molecule is CC(=O)NCCCCC(NC(=O)[C@@H](C)NC(=O)CNC(=O)CNC(=O)C[C@H](CCCCN(C)C)NC(=O)CNC(=O)[C@H](CC(C)C)NC(=O)CNC(=O)[C@H](CCCCN(C)C)NC(=O)OC(C)(C)C)C(=O)Nc1ccc2nc(C3=NC(C(=O)O)CS3)sc2c1. The van der Waals surface area contributed by atoms with Crippen LogP contribution in [0.15, 0.2) is 23.2 Å². The zero-order valence-corrected chi connectivity index (χ0v) is 54.7. The molecule has 29 nitrogen and oxygen atoms in total. The Morgan fingerprint density at radius 2 is 1.20 bits per heavy atom. The quantitative estimate of drug-likeness (QED) is 0.0410. The van der Waals surface area contributed by atoms with E-state index in [1.165, 1.54) is 36.9 Å². The van der Waals surface area contributed by atoms with E-state index in [2.05, 4.69) is 68.5 Å². The van der Waals surface area contributed by atoms with Crippen LogP contribution in [0.25, 0.3) is 10.2 Å². The summed E-state index contributed by atoms with van der Waals surface area (Å²) in [5, 5.41) is 39.0. The molecule has 2 unspecified atom stereocenters. The molecule has 0 fully saturated rings. The first-order valence-electron chi connectivity index (χ1n) is 29.8. The molecule has 11 amide bonds. The van der Waals surface area contributed by atoms with E-state index in [-0.39, 0.29) is 37.5 Å². The van der Waals surface area contributed by atoms with Crippen LogP contribution in [0.4, 0.5) is 10.5 Å². The number of aliphatic carboxylic acids is 1. The summed E-state index contributed by atoms with van der Waals surface area (Å²) in [7, 11) is 7.66. The predicted molar refractivity (Wildman–Crippen MR) is 339 cm³/mol. The van der Waals surface area contributed by atoms with Gasteiger partial charge in [0.15, 0.2) is 6.04 Å². The van der Waals surface area contributed by atoms with Gasteiger partial charge in [0.25, 0.3) is 0 Å². The monoisotopic (exact) mass is 1290 g/mol. The molecular weight excluding hydrogens is 1190 g/mol. The van der Waals surface area contributed by atoms with E-state index in [9.17, 15) is 62.6 Å². The number of carbonyl (C=O) groups is 12. The van der Waals surface area contributed by atoms with Crippen LogP contribution >= 0.6 is 23.1 Å². The predicted octanol–water partition coefficient (Wildman–Crippen LogP) is 0.705. The van der Waals surface area contributed by atoms with Crippen LogP contribution in [0.3, 0.4) is 0 Å². The Bertz CT molecular complexity index is 2790. The number of thiazole rings is 1. The maximum absolute atomic E-state index is 13.7. The molecule has 0 spiro atoms. The fourth-order valence-electron chi connectivity index (χ4n) is 8.67. The number of aromatic nitrogens is 1. The number of thioether (sulfide) groups is 1. The van der Waals surface area contributed by atoms with E-state index in [1.54, 1.807) is 39.0 Å². The van der Waals surface area contributed by atoms with Crippen LogP contribution in [0.1, 0.15) is 124 Å². The molecule has 12 N–H and O–H groups in total. The molecule has 496 valence electrons. The highest BCUT2D eigenvalue weighted by molar-refractivity contribution is 8.15. The molecule has 3 rings (SSSR count). The highest BCUT2D eigenvalue weighted by Crippen LogP contribution is 2.31. The van der Waals surface area contributed by atoms with Gasteiger partial charge in [0.1, 0.15) is 39.8 Å². The maximum atomic E-state index is 13.7. The van der Waals surface area contributed by atoms with E-state index in [1.807, 2.05) is 51.8 Å². The normalized spacial score (nSPS) is 14.7. The summed E-state index contributed by atoms with van der Waals surface area (Å²) in [6.45, 7) is 11.2. The molecule has 0 bridgehead atoms. The number of hydrogen-bond donors (Lipinski definition) is 12. The smallest absolute Gasteiger partial charge is 0.408 e. The van der Waals surface area contributed by atoms with Crippen molar-refractivity contribution in [3.63, 3.8) is 0 Å². The van der Waals surface area contributed by atoms with Crippen molar-refractivity contribution in [3.05, 3.63) is 23.2 Å². The number of hydrogen-bond acceptors (Lipinski definition) is 19. The van der Waals surface area contributed by atoms with E-state index in [0.29, 0.717) is 70.4 Å². The lowest BCUT2D eigenvalue weighted by Crippen LogP contribution is -2.53. The van der Waals surface area contributed by atoms with E-state index in [4.69, 9.17) is 4.74 Å². The summed E-state index contributed by atoms with van der Waals surface area (Å²) in [5.41, 5.74) is 0.204. The Kier molecular flexibility index (Phi) is 33.0. The molecule has 1 aromatic heterocycles. The second kappa shape index (κ2) is 38.8. The van der Waals surface area contributed by atoms with Gasteiger partial charge < -0.3 is 78.1 Å². The lowest BCUT2D eigenvalue weighted by molar-refractivity contribution is -0.138. The second-order valence-corrected chi connectivity index (χ2v) is 25.7. The third-order valence-corrected chi connectivity index (χ3v) is 15.3. The van der Waals surface area contributed by atoms with Crippen molar-refractivity contribution in [2.75, 3.05) is 85.1 Å². The molecule has 1 aromatic carbocycles. The second-order valence-electron chi connectivity index (χ2n) is 23.6. The summed E-state index contributed by atoms with van der Waals surface area (Å²) in [6.07, 6.45) is 3.61. The van der Waals surface area contributed by atoms with E-state index >= 15 is 0 Å². The van der Waals surface area contributed by atoms with Gasteiger partial charge in [-0.15, -0.1) is 23.1 Å². The number of amides is 11. The van der Waals surface area contributed by atoms with Crippen LogP contribution in [0.5, 0.6) is 0 Å². The fraction of sp³-hybridized carbons (Fsp3) is 0.655. The van der Waals surface area contributed by atoms with Crippen molar-refractivity contribution in [2.45, 2.75) is 161 Å². The van der Waals surface area contributed by atoms with Crippen LogP contribution in [-0.4, -0.2) is 218 Å². The number of nitrogens with zero attached hydrogens (tertiary/aromatic N) is 4. The molecule has 0 aliphatic carbocycles. The molecule has 0 saturated heterocycles. The topological polar surface area (TPSA) is 398 Å². The standard InChI is InChI=1S/C58H93N15O14S2/c1-34(2)26-42(67-49(79)32-62-51(81)40(20-14-17-25-73(10)11)71-57(86)87-58(5,6)7)52(82)63-31-48(78)65-37(18-13-16-24-72(8)9)28-45(75)60-29-46(76)61-30-47(77)64-35(3)50(80)68-41(19-12-15-23-59-36(4)74)53(83)66-38-21-22-39-44(27-38)89-55(69-39)54-70-43(33-88-54)56(84)85/h21-22,27,34-35,37,40-43H,12-20,23-26,28-33H2,1-11H3,(H,59,74)(H,60,75)(H,61,76)(H,62,81)(H,63,82)(H,64,77)(H,65,78)(H,66,83)(H,67,79)(H,68,80)(H,71,86)(H,84,85)/t35-,37+,40+,41?,42+,43?/m1/s1. The molecule has 0 saturated carbocycles. The highest BCUT2D eigenvalue weighted by atomic mass is 32.2. The fourth-order valence-corrected chi connectivity index (χ4v) is 10.8. The molecule has 1 aliphatic heterocycles. The van der Waals surface area contributed by atoms with Gasteiger partial charge in [-0.2, -0.15) is 0 Å². The Morgan fingerprint density at radius 1 is 0.640 bits per heavy atom. The minimum atomic E-state index is -1.17. The maximum Gasteiger partial charge on any atom is 0.408 e. The van der Waals surface area contributed by atoms with Gasteiger partial charge in [-0.05, 0) is 151 Å². The molecule has 2 heterocycles. The molecular formula is C58H93N15O14S2. The minimum Gasteiger partial charge on any atom is -0.480 e. The summed E-state index contributed by atoms with van der Waals surface area (Å²) in [5.74, 6) is -6.96. The minimum absolute atomic E-state index is 0.0772. The van der Waals surface area contributed by atoms with Crippen LogP contribution in [0, 0.1) is 5.92 Å². The molecule has 31 heteroatoms. The Balaban J connectivity index is 1.53. The van der Waals surface area contributed by atoms with Gasteiger partial charge in [-0.1, -0.05) is 20.3 Å². The van der Waals surface area contributed by atoms with Gasteiger partial charge in [-0.25, -0.2) is 14.6 Å². The first kappa shape index (κ1) is 75.7. The first-order chi connectivity index (χ1) is 41.9. The zero-order chi connectivity index (χ0) is 66.4. The summed E-state index contributed by atoms with van der Waals surface area (Å²) >= 11 is 2.58. The lowest BCUT2D eigenvalue weighted by Gasteiger charge is -2.24. The van der Waals surface area contributed by atoms with Crippen molar-refractivity contribution in [1.82, 2.24) is 68.0 Å². The number of carbonyl (C=O) groups excluding carboxylic acids is 11. The molecule has 0 radical (unpaired) electrons. The van der Waals surface area contributed by atoms with Crippen molar-refractivity contribution in [1.29, 1.82) is 0 Å². The van der Waals surface area contributed by atoms with Gasteiger partial charge in [0.05, 0.1) is 36.4 Å². The average molecular weight is 1290 g/mol. The summed E-state index contributed by atoms with van der Waals surface area (Å²) < 4.78 is 6.04.